The maximum atomic E-state index is 10.3. The highest BCUT2D eigenvalue weighted by atomic mass is 79.9. The Hall–Kier alpha value is -0.950. The van der Waals surface area contributed by atoms with E-state index < -0.39 is 11.0 Å². The van der Waals surface area contributed by atoms with Gasteiger partial charge in [-0.25, -0.2) is 0 Å². The highest BCUT2D eigenvalue weighted by molar-refractivity contribution is 9.09. The Balaban J connectivity index is 2.98. The van der Waals surface area contributed by atoms with E-state index in [0.29, 0.717) is 0 Å². The van der Waals surface area contributed by atoms with E-state index in [1.165, 1.54) is 0 Å². The molecule has 0 aliphatic carbocycles. The van der Waals surface area contributed by atoms with Gasteiger partial charge in [0.15, 0.2) is 0 Å². The van der Waals surface area contributed by atoms with E-state index in [2.05, 4.69) is 26.1 Å². The van der Waals surface area contributed by atoms with Gasteiger partial charge in [0.25, 0.3) is 0 Å². The van der Waals surface area contributed by atoms with E-state index in [9.17, 15) is 15.2 Å². The molecule has 1 atom stereocenters. The molecule has 1 unspecified atom stereocenters. The van der Waals surface area contributed by atoms with Crippen LogP contribution in [0.3, 0.4) is 0 Å². The van der Waals surface area contributed by atoms with Crippen LogP contribution in [0, 0.1) is 10.1 Å². The van der Waals surface area contributed by atoms with Gasteiger partial charge >= 0.3 is 5.69 Å². The van der Waals surface area contributed by atoms with Gasteiger partial charge < -0.3 is 5.11 Å². The summed E-state index contributed by atoms with van der Waals surface area (Å²) in [6.45, 7) is 0. The van der Waals surface area contributed by atoms with Crippen LogP contribution in [-0.4, -0.2) is 25.6 Å². The molecule has 0 spiro atoms. The van der Waals surface area contributed by atoms with Crippen molar-refractivity contribution in [3.05, 3.63) is 22.0 Å². The smallest absolute Gasteiger partial charge is 0.312 e. The number of nitro groups is 1. The van der Waals surface area contributed by atoms with Crippen LogP contribution in [0.1, 0.15) is 11.8 Å². The lowest BCUT2D eigenvalue weighted by molar-refractivity contribution is -0.386. The Kier molecular flexibility index (Phi) is 2.77. The molecule has 7 heteroatoms. The van der Waals surface area contributed by atoms with Crippen molar-refractivity contribution in [2.75, 3.05) is 5.33 Å². The van der Waals surface area contributed by atoms with Crippen molar-refractivity contribution in [1.82, 2.24) is 10.2 Å². The number of aliphatic hydroxyl groups excluding tert-OH is 1. The molecule has 0 aliphatic heterocycles. The third kappa shape index (κ3) is 1.62. The van der Waals surface area contributed by atoms with Gasteiger partial charge in [0, 0.05) is 5.33 Å². The number of H-pyrrole nitrogens is 1. The number of nitrogens with zero attached hydrogens (tertiary/aromatic N) is 2. The van der Waals surface area contributed by atoms with Gasteiger partial charge in [0.1, 0.15) is 18.0 Å². The van der Waals surface area contributed by atoms with E-state index in [1.54, 1.807) is 0 Å². The lowest BCUT2D eigenvalue weighted by Gasteiger charge is -2.01. The fourth-order valence-corrected chi connectivity index (χ4v) is 1.08. The molecule has 2 N–H and O–H groups in total. The van der Waals surface area contributed by atoms with Crippen LogP contribution >= 0.6 is 15.9 Å². The first-order valence-electron chi connectivity index (χ1n) is 3.08. The van der Waals surface area contributed by atoms with Gasteiger partial charge in [-0.15, -0.1) is 0 Å². The number of hydrogen-bond donors (Lipinski definition) is 2. The zero-order chi connectivity index (χ0) is 9.14. The quantitative estimate of drug-likeness (QED) is 0.460. The SMILES string of the molecule is O=[N+]([O-])c1cn[nH]c1C(O)CBr. The second kappa shape index (κ2) is 3.63. The Morgan fingerprint density at radius 3 is 3.08 bits per heavy atom. The lowest BCUT2D eigenvalue weighted by atomic mass is 10.2. The maximum absolute atomic E-state index is 10.3. The van der Waals surface area contributed by atoms with E-state index >= 15 is 0 Å². The molecular formula is C5H6BrN3O3. The number of alkyl halides is 1. The second-order valence-corrected chi connectivity index (χ2v) is 2.74. The molecule has 1 heterocycles. The molecule has 0 bridgehead atoms. The minimum Gasteiger partial charge on any atom is -0.386 e. The van der Waals surface area contributed by atoms with Crippen LogP contribution in [0.2, 0.25) is 0 Å². The summed E-state index contributed by atoms with van der Waals surface area (Å²) in [6, 6.07) is 0. The fourth-order valence-electron chi connectivity index (χ4n) is 0.758. The Labute approximate surface area is 75.9 Å². The molecule has 1 aromatic heterocycles. The van der Waals surface area contributed by atoms with Crippen LogP contribution in [0.15, 0.2) is 6.20 Å². The molecule has 0 aromatic carbocycles. The molecule has 0 saturated heterocycles. The van der Waals surface area contributed by atoms with Gasteiger partial charge in [-0.2, -0.15) is 5.10 Å². The Morgan fingerprint density at radius 1 is 1.92 bits per heavy atom. The highest BCUT2D eigenvalue weighted by Gasteiger charge is 2.21. The third-order valence-corrected chi connectivity index (χ3v) is 1.94. The molecule has 0 aliphatic rings. The lowest BCUT2D eigenvalue weighted by Crippen LogP contribution is -2.02. The maximum Gasteiger partial charge on any atom is 0.312 e. The number of aromatic amines is 1. The van der Waals surface area contributed by atoms with E-state index in [0.717, 1.165) is 6.20 Å². The molecule has 12 heavy (non-hydrogen) atoms. The molecule has 1 rings (SSSR count). The number of aliphatic hydroxyl groups is 1. The standard InChI is InChI=1S/C5H6BrN3O3/c6-1-4(10)5-3(9(11)12)2-7-8-5/h2,4,10H,1H2,(H,7,8). The first-order chi connectivity index (χ1) is 5.66. The van der Waals surface area contributed by atoms with Crippen LogP contribution in [-0.2, 0) is 0 Å². The van der Waals surface area contributed by atoms with E-state index in [4.69, 9.17) is 0 Å². The van der Waals surface area contributed by atoms with Gasteiger partial charge in [-0.05, 0) is 0 Å². The van der Waals surface area contributed by atoms with Crippen molar-refractivity contribution < 1.29 is 10.0 Å². The van der Waals surface area contributed by atoms with Crippen molar-refractivity contribution in [1.29, 1.82) is 0 Å². The minimum absolute atomic E-state index is 0.122. The van der Waals surface area contributed by atoms with Gasteiger partial charge in [-0.1, -0.05) is 15.9 Å². The third-order valence-electron chi connectivity index (χ3n) is 1.32. The van der Waals surface area contributed by atoms with Crippen molar-refractivity contribution in [3.63, 3.8) is 0 Å². The monoisotopic (exact) mass is 235 g/mol. The Bertz CT molecular complexity index is 287. The average Bonchev–Trinajstić information content (AvgIpc) is 2.50. The summed E-state index contributed by atoms with van der Waals surface area (Å²) in [7, 11) is 0. The van der Waals surface area contributed by atoms with Gasteiger partial charge in [-0.3, -0.25) is 15.2 Å². The summed E-state index contributed by atoms with van der Waals surface area (Å²) < 4.78 is 0. The van der Waals surface area contributed by atoms with E-state index in [-0.39, 0.29) is 16.7 Å². The summed E-state index contributed by atoms with van der Waals surface area (Å²) in [4.78, 5) is 9.73. The minimum atomic E-state index is -0.923. The zero-order valence-electron chi connectivity index (χ0n) is 5.90. The summed E-state index contributed by atoms with van der Waals surface area (Å²) in [5, 5.41) is 25.6. The second-order valence-electron chi connectivity index (χ2n) is 2.10. The molecule has 0 amide bonds. The predicted octanol–water partition coefficient (Wildman–Crippen LogP) is 0.746. The van der Waals surface area contributed by atoms with Crippen LogP contribution < -0.4 is 0 Å². The van der Waals surface area contributed by atoms with Crippen molar-refractivity contribution >= 4 is 21.6 Å². The fraction of sp³-hybridized carbons (Fsp3) is 0.400. The number of nitrogens with one attached hydrogen (secondary N) is 1. The molecule has 0 radical (unpaired) electrons. The first-order valence-corrected chi connectivity index (χ1v) is 4.20. The number of halogens is 1. The number of aromatic nitrogens is 2. The summed E-state index contributed by atoms with van der Waals surface area (Å²) >= 11 is 3.00. The molecule has 1 aromatic rings. The van der Waals surface area contributed by atoms with Crippen molar-refractivity contribution in [3.8, 4) is 0 Å². The predicted molar refractivity (Wildman–Crippen MR) is 44.0 cm³/mol. The largest absolute Gasteiger partial charge is 0.386 e. The highest BCUT2D eigenvalue weighted by Crippen LogP contribution is 2.22. The average molecular weight is 236 g/mol. The van der Waals surface area contributed by atoms with E-state index in [1.807, 2.05) is 0 Å². The summed E-state index contributed by atoms with van der Waals surface area (Å²) in [6.07, 6.45) is 0.147. The molecular weight excluding hydrogens is 230 g/mol. The Morgan fingerprint density at radius 2 is 2.58 bits per heavy atom. The molecule has 66 valence electrons. The van der Waals surface area contributed by atoms with Crippen LogP contribution in [0.25, 0.3) is 0 Å². The number of rotatable bonds is 3. The summed E-state index contributed by atoms with van der Waals surface area (Å²) in [5.74, 6) is 0. The summed E-state index contributed by atoms with van der Waals surface area (Å²) in [5.41, 5.74) is -0.0705. The zero-order valence-corrected chi connectivity index (χ0v) is 7.48. The van der Waals surface area contributed by atoms with Gasteiger partial charge in [0.2, 0.25) is 0 Å². The normalized spacial score (nSPS) is 12.8. The molecule has 6 nitrogen and oxygen atoms in total. The van der Waals surface area contributed by atoms with Gasteiger partial charge in [0.05, 0.1) is 4.92 Å². The first kappa shape index (κ1) is 9.14. The van der Waals surface area contributed by atoms with Crippen LogP contribution in [0.4, 0.5) is 5.69 Å². The molecule has 0 fully saturated rings. The number of hydrogen-bond acceptors (Lipinski definition) is 4. The topological polar surface area (TPSA) is 92.0 Å². The van der Waals surface area contributed by atoms with Crippen molar-refractivity contribution in [2.45, 2.75) is 6.10 Å². The van der Waals surface area contributed by atoms with Crippen LogP contribution in [0.5, 0.6) is 0 Å². The van der Waals surface area contributed by atoms with Crippen molar-refractivity contribution in [2.24, 2.45) is 0 Å². The molecule has 0 saturated carbocycles.